The quantitative estimate of drug-likeness (QED) is 0.539. The number of hydrogen-bond acceptors (Lipinski definition) is 4. The Labute approximate surface area is 166 Å². The molecule has 2 heterocycles. The van der Waals surface area contributed by atoms with Gasteiger partial charge in [0, 0.05) is 12.4 Å². The molecule has 28 heavy (non-hydrogen) atoms. The fourth-order valence-corrected chi connectivity index (χ4v) is 3.71. The van der Waals surface area contributed by atoms with Crippen molar-refractivity contribution in [2.24, 2.45) is 0 Å². The van der Waals surface area contributed by atoms with Gasteiger partial charge in [0.2, 0.25) is 0 Å². The molecule has 138 valence electrons. The maximum Gasteiger partial charge on any atom is 0.256 e. The molecular formula is C22H17N3O2S. The van der Waals surface area contributed by atoms with E-state index in [2.05, 4.69) is 10.6 Å². The lowest BCUT2D eigenvalue weighted by molar-refractivity contribution is 0.0964. The Morgan fingerprint density at radius 3 is 2.46 bits per heavy atom. The first-order chi connectivity index (χ1) is 13.7. The maximum absolute atomic E-state index is 13.1. The first-order valence-electron chi connectivity index (χ1n) is 8.73. The minimum absolute atomic E-state index is 0.255. The molecule has 4 rings (SSSR count). The zero-order valence-corrected chi connectivity index (χ0v) is 15.9. The highest BCUT2D eigenvalue weighted by molar-refractivity contribution is 7.13. The van der Waals surface area contributed by atoms with Crippen molar-refractivity contribution < 1.29 is 9.59 Å². The largest absolute Gasteiger partial charge is 0.355 e. The summed E-state index contributed by atoms with van der Waals surface area (Å²) in [6.45, 7) is 0. The van der Waals surface area contributed by atoms with Gasteiger partial charge in [-0.05, 0) is 35.7 Å². The fourth-order valence-electron chi connectivity index (χ4n) is 3.03. The minimum Gasteiger partial charge on any atom is -0.355 e. The molecule has 0 saturated carbocycles. The lowest BCUT2D eigenvalue weighted by atomic mass is 10.1. The number of para-hydroxylation sites is 2. The number of thiophene rings is 1. The number of hydrogen-bond donors (Lipinski definition) is 2. The number of benzene rings is 2. The second kappa shape index (κ2) is 7.62. The number of carbonyl (C=O) groups is 2. The number of fused-ring (bicyclic) bond motifs is 1. The van der Waals surface area contributed by atoms with E-state index >= 15 is 0 Å². The van der Waals surface area contributed by atoms with E-state index in [1.54, 1.807) is 48.7 Å². The Morgan fingerprint density at radius 1 is 0.893 bits per heavy atom. The first kappa shape index (κ1) is 17.9. The van der Waals surface area contributed by atoms with Crippen molar-refractivity contribution in [2.45, 2.75) is 0 Å². The van der Waals surface area contributed by atoms with Crippen molar-refractivity contribution in [1.29, 1.82) is 0 Å². The second-order valence-corrected chi connectivity index (χ2v) is 7.08. The van der Waals surface area contributed by atoms with Crippen LogP contribution < -0.4 is 10.6 Å². The molecule has 0 aliphatic heterocycles. The lowest BCUT2D eigenvalue weighted by Gasteiger charge is -2.12. The molecule has 5 nitrogen and oxygen atoms in total. The molecule has 0 unspecified atom stereocenters. The predicted octanol–water partition coefficient (Wildman–Crippen LogP) is 4.58. The van der Waals surface area contributed by atoms with E-state index in [0.717, 1.165) is 21.5 Å². The molecule has 2 aromatic carbocycles. The summed E-state index contributed by atoms with van der Waals surface area (Å²) in [7, 11) is 1.56. The number of amides is 2. The number of aromatic nitrogens is 1. The van der Waals surface area contributed by atoms with E-state index in [-0.39, 0.29) is 11.8 Å². The molecule has 0 aliphatic carbocycles. The third-order valence-corrected chi connectivity index (χ3v) is 5.27. The number of nitrogens with one attached hydrogen (secondary N) is 2. The van der Waals surface area contributed by atoms with Gasteiger partial charge in [-0.15, -0.1) is 11.3 Å². The van der Waals surface area contributed by atoms with Crippen LogP contribution in [0.5, 0.6) is 0 Å². The Bertz CT molecular complexity index is 1170. The van der Waals surface area contributed by atoms with Gasteiger partial charge in [0.25, 0.3) is 11.8 Å². The highest BCUT2D eigenvalue weighted by atomic mass is 32.1. The van der Waals surface area contributed by atoms with Crippen molar-refractivity contribution in [2.75, 3.05) is 12.4 Å². The van der Waals surface area contributed by atoms with Gasteiger partial charge in [0.15, 0.2) is 0 Å². The smallest absolute Gasteiger partial charge is 0.256 e. The highest BCUT2D eigenvalue weighted by Gasteiger charge is 2.17. The van der Waals surface area contributed by atoms with Crippen molar-refractivity contribution >= 4 is 39.7 Å². The summed E-state index contributed by atoms with van der Waals surface area (Å²) >= 11 is 1.57. The molecule has 0 bridgehead atoms. The van der Waals surface area contributed by atoms with Crippen molar-refractivity contribution in [1.82, 2.24) is 10.3 Å². The molecule has 2 aromatic heterocycles. The van der Waals surface area contributed by atoms with Crippen LogP contribution >= 0.6 is 11.3 Å². The van der Waals surface area contributed by atoms with E-state index in [1.807, 2.05) is 41.8 Å². The van der Waals surface area contributed by atoms with E-state index in [9.17, 15) is 9.59 Å². The summed E-state index contributed by atoms with van der Waals surface area (Å²) in [5.74, 6) is -0.539. The summed E-state index contributed by atoms with van der Waals surface area (Å²) in [6, 6.07) is 20.2. The molecule has 0 radical (unpaired) electrons. The maximum atomic E-state index is 13.1. The van der Waals surface area contributed by atoms with Crippen molar-refractivity contribution in [3.63, 3.8) is 0 Å². The molecule has 4 aromatic rings. The van der Waals surface area contributed by atoms with E-state index < -0.39 is 0 Å². The minimum atomic E-state index is -0.284. The van der Waals surface area contributed by atoms with Crippen molar-refractivity contribution in [3.8, 4) is 10.6 Å². The fraction of sp³-hybridized carbons (Fsp3) is 0.0455. The Hall–Kier alpha value is -3.51. The monoisotopic (exact) mass is 387 g/mol. The van der Waals surface area contributed by atoms with Gasteiger partial charge in [0.1, 0.15) is 0 Å². The average molecular weight is 387 g/mol. The Balaban J connectivity index is 1.79. The van der Waals surface area contributed by atoms with Crippen LogP contribution in [0.2, 0.25) is 0 Å². The van der Waals surface area contributed by atoms with Crippen LogP contribution in [0.3, 0.4) is 0 Å². The molecular weight excluding hydrogens is 370 g/mol. The predicted molar refractivity (Wildman–Crippen MR) is 113 cm³/mol. The number of nitrogens with zero attached hydrogens (tertiary/aromatic N) is 1. The van der Waals surface area contributed by atoms with Crippen LogP contribution in [0, 0.1) is 0 Å². The number of pyridine rings is 1. The first-order valence-corrected chi connectivity index (χ1v) is 9.61. The average Bonchev–Trinajstić information content (AvgIpc) is 3.27. The summed E-state index contributed by atoms with van der Waals surface area (Å²) in [5, 5.41) is 8.22. The van der Waals surface area contributed by atoms with Gasteiger partial charge < -0.3 is 10.6 Å². The third kappa shape index (κ3) is 3.37. The standard InChI is InChI=1S/C22H17N3O2S/c1-23-21(26)15-8-3-5-10-18(15)25-22(27)16-13-19(20-11-6-12-28-20)24-17-9-4-2-7-14(16)17/h2-13H,1H3,(H,23,26)(H,25,27). The molecule has 0 fully saturated rings. The lowest BCUT2D eigenvalue weighted by Crippen LogP contribution is -2.21. The van der Waals surface area contributed by atoms with Gasteiger partial charge >= 0.3 is 0 Å². The molecule has 0 aliphatic rings. The third-order valence-electron chi connectivity index (χ3n) is 4.38. The molecule has 2 amide bonds. The highest BCUT2D eigenvalue weighted by Crippen LogP contribution is 2.28. The van der Waals surface area contributed by atoms with Gasteiger partial charge in [-0.3, -0.25) is 9.59 Å². The zero-order valence-electron chi connectivity index (χ0n) is 15.1. The molecule has 0 saturated heterocycles. The van der Waals surface area contributed by atoms with Crippen LogP contribution in [-0.2, 0) is 0 Å². The molecule has 0 spiro atoms. The van der Waals surface area contributed by atoms with Gasteiger partial charge in [0.05, 0.1) is 32.9 Å². The van der Waals surface area contributed by atoms with Crippen LogP contribution in [0.15, 0.2) is 72.1 Å². The van der Waals surface area contributed by atoms with E-state index in [1.165, 1.54) is 0 Å². The summed E-state index contributed by atoms with van der Waals surface area (Å²) < 4.78 is 0. The molecule has 6 heteroatoms. The molecule has 2 N–H and O–H groups in total. The summed E-state index contributed by atoms with van der Waals surface area (Å²) in [4.78, 5) is 30.9. The number of carbonyl (C=O) groups excluding carboxylic acids is 2. The summed E-state index contributed by atoms with van der Waals surface area (Å²) in [5.41, 5.74) is 2.89. The number of rotatable bonds is 4. The van der Waals surface area contributed by atoms with Crippen molar-refractivity contribution in [3.05, 3.63) is 83.2 Å². The van der Waals surface area contributed by atoms with Gasteiger partial charge in [-0.1, -0.05) is 36.4 Å². The van der Waals surface area contributed by atoms with Crippen LogP contribution in [0.25, 0.3) is 21.5 Å². The topological polar surface area (TPSA) is 71.1 Å². The van der Waals surface area contributed by atoms with E-state index in [0.29, 0.717) is 16.8 Å². The van der Waals surface area contributed by atoms with Crippen LogP contribution in [0.1, 0.15) is 20.7 Å². The SMILES string of the molecule is CNC(=O)c1ccccc1NC(=O)c1cc(-c2cccs2)nc2ccccc12. The van der Waals surface area contributed by atoms with E-state index in [4.69, 9.17) is 4.98 Å². The molecule has 0 atom stereocenters. The number of anilines is 1. The van der Waals surface area contributed by atoms with Crippen LogP contribution in [0.4, 0.5) is 5.69 Å². The second-order valence-electron chi connectivity index (χ2n) is 6.13. The Kier molecular flexibility index (Phi) is 4.87. The van der Waals surface area contributed by atoms with Crippen LogP contribution in [-0.4, -0.2) is 23.8 Å². The van der Waals surface area contributed by atoms with Gasteiger partial charge in [-0.2, -0.15) is 0 Å². The Morgan fingerprint density at radius 2 is 1.68 bits per heavy atom. The van der Waals surface area contributed by atoms with Gasteiger partial charge in [-0.25, -0.2) is 4.98 Å². The normalized spacial score (nSPS) is 10.6. The zero-order chi connectivity index (χ0) is 19.5. The summed E-state index contributed by atoms with van der Waals surface area (Å²) in [6.07, 6.45) is 0.